The maximum absolute atomic E-state index is 12.4. The topological polar surface area (TPSA) is 61.8 Å². The molecule has 0 aliphatic heterocycles. The van der Waals surface area contributed by atoms with Crippen LogP contribution >= 0.6 is 15.9 Å². The maximum atomic E-state index is 12.4. The second-order valence-electron chi connectivity index (χ2n) is 6.36. The molecule has 0 amide bonds. The molecule has 3 rings (SSSR count). The first kappa shape index (κ1) is 21.6. The van der Waals surface area contributed by atoms with E-state index in [1.54, 1.807) is 42.5 Å². The van der Waals surface area contributed by atoms with Crippen molar-refractivity contribution in [3.8, 4) is 11.5 Å². The van der Waals surface area contributed by atoms with E-state index in [1.165, 1.54) is 0 Å². The third kappa shape index (κ3) is 5.94. The van der Waals surface area contributed by atoms with Gasteiger partial charge in [-0.3, -0.25) is 0 Å². The number of hydrogen-bond donors (Lipinski definition) is 0. The number of hydrogen-bond acceptors (Lipinski definition) is 5. The van der Waals surface area contributed by atoms with Gasteiger partial charge in [-0.1, -0.05) is 30.3 Å². The number of esters is 2. The summed E-state index contributed by atoms with van der Waals surface area (Å²) in [6.45, 7) is 2.72. The standard InChI is InChI=1S/C24H21BrO5/c1-2-28-22-13-10-19(16-21(22)25)24(27)30-20-11-8-18(9-12-20)23(26)29-15-14-17-6-4-3-5-7-17/h3-13,16H,2,14-15H2,1H3. The van der Waals surface area contributed by atoms with E-state index in [2.05, 4.69) is 15.9 Å². The van der Waals surface area contributed by atoms with Gasteiger partial charge in [0.2, 0.25) is 0 Å². The molecule has 0 heterocycles. The molecule has 0 fully saturated rings. The van der Waals surface area contributed by atoms with Gasteiger partial charge in [0.25, 0.3) is 0 Å². The lowest BCUT2D eigenvalue weighted by atomic mass is 10.2. The molecule has 0 unspecified atom stereocenters. The molecule has 0 radical (unpaired) electrons. The summed E-state index contributed by atoms with van der Waals surface area (Å²) in [5, 5.41) is 0. The van der Waals surface area contributed by atoms with Crippen LogP contribution in [-0.2, 0) is 11.2 Å². The van der Waals surface area contributed by atoms with Crippen molar-refractivity contribution in [1.82, 2.24) is 0 Å². The summed E-state index contributed by atoms with van der Waals surface area (Å²) in [5.74, 6) is 0.0752. The summed E-state index contributed by atoms with van der Waals surface area (Å²) in [6, 6.07) is 21.1. The van der Waals surface area contributed by atoms with Gasteiger partial charge in [-0.15, -0.1) is 0 Å². The molecule has 3 aromatic rings. The predicted octanol–water partition coefficient (Wildman–Crippen LogP) is 5.47. The maximum Gasteiger partial charge on any atom is 0.343 e. The largest absolute Gasteiger partial charge is 0.493 e. The van der Waals surface area contributed by atoms with Gasteiger partial charge in [-0.25, -0.2) is 9.59 Å². The number of carbonyl (C=O) groups is 2. The first-order valence-corrected chi connectivity index (χ1v) is 10.3. The second kappa shape index (κ2) is 10.6. The average Bonchev–Trinajstić information content (AvgIpc) is 2.76. The summed E-state index contributed by atoms with van der Waals surface area (Å²) in [7, 11) is 0. The molecule has 0 saturated carbocycles. The molecule has 5 nitrogen and oxygen atoms in total. The fraction of sp³-hybridized carbons (Fsp3) is 0.167. The molecule has 0 atom stereocenters. The van der Waals surface area contributed by atoms with Gasteiger partial charge in [0.1, 0.15) is 11.5 Å². The van der Waals surface area contributed by atoms with Gasteiger partial charge in [0, 0.05) is 6.42 Å². The smallest absolute Gasteiger partial charge is 0.343 e. The quantitative estimate of drug-likeness (QED) is 0.324. The van der Waals surface area contributed by atoms with Crippen molar-refractivity contribution in [2.24, 2.45) is 0 Å². The van der Waals surface area contributed by atoms with Crippen LogP contribution < -0.4 is 9.47 Å². The molecular weight excluding hydrogens is 448 g/mol. The summed E-state index contributed by atoms with van der Waals surface area (Å²) >= 11 is 3.38. The second-order valence-corrected chi connectivity index (χ2v) is 7.22. The van der Waals surface area contributed by atoms with Crippen molar-refractivity contribution in [2.75, 3.05) is 13.2 Å². The molecular formula is C24H21BrO5. The van der Waals surface area contributed by atoms with Crippen molar-refractivity contribution >= 4 is 27.9 Å². The van der Waals surface area contributed by atoms with Gasteiger partial charge in [-0.2, -0.15) is 0 Å². The number of benzene rings is 3. The van der Waals surface area contributed by atoms with E-state index in [-0.39, 0.29) is 0 Å². The molecule has 30 heavy (non-hydrogen) atoms. The zero-order valence-corrected chi connectivity index (χ0v) is 18.1. The van der Waals surface area contributed by atoms with Crippen LogP contribution in [0.4, 0.5) is 0 Å². The highest BCUT2D eigenvalue weighted by molar-refractivity contribution is 9.10. The molecule has 6 heteroatoms. The van der Waals surface area contributed by atoms with Crippen LogP contribution in [0.5, 0.6) is 11.5 Å². The van der Waals surface area contributed by atoms with E-state index in [9.17, 15) is 9.59 Å². The Morgan fingerprint density at radius 3 is 2.23 bits per heavy atom. The number of ether oxygens (including phenoxy) is 3. The molecule has 154 valence electrons. The minimum absolute atomic E-state index is 0.298. The molecule has 0 aliphatic carbocycles. The van der Waals surface area contributed by atoms with E-state index in [1.807, 2.05) is 37.3 Å². The Balaban J connectivity index is 1.54. The van der Waals surface area contributed by atoms with Crippen LogP contribution in [0, 0.1) is 0 Å². The lowest BCUT2D eigenvalue weighted by molar-refractivity contribution is 0.0509. The van der Waals surface area contributed by atoms with E-state index in [0.29, 0.717) is 46.7 Å². The Morgan fingerprint density at radius 1 is 0.867 bits per heavy atom. The highest BCUT2D eigenvalue weighted by Gasteiger charge is 2.13. The monoisotopic (exact) mass is 468 g/mol. The first-order valence-electron chi connectivity index (χ1n) is 9.52. The van der Waals surface area contributed by atoms with E-state index in [0.717, 1.165) is 5.56 Å². The molecule has 0 aromatic heterocycles. The molecule has 3 aromatic carbocycles. The van der Waals surface area contributed by atoms with Gasteiger partial charge < -0.3 is 14.2 Å². The van der Waals surface area contributed by atoms with Crippen molar-refractivity contribution < 1.29 is 23.8 Å². The van der Waals surface area contributed by atoms with E-state index in [4.69, 9.17) is 14.2 Å². The molecule has 0 aliphatic rings. The van der Waals surface area contributed by atoms with Gasteiger partial charge in [0.15, 0.2) is 0 Å². The van der Waals surface area contributed by atoms with Crippen molar-refractivity contribution in [2.45, 2.75) is 13.3 Å². The van der Waals surface area contributed by atoms with Crippen LogP contribution in [0.2, 0.25) is 0 Å². The zero-order chi connectivity index (χ0) is 21.3. The molecule has 0 saturated heterocycles. The third-order valence-electron chi connectivity index (χ3n) is 4.23. The average molecular weight is 469 g/mol. The summed E-state index contributed by atoms with van der Waals surface area (Å²) in [5.41, 5.74) is 1.88. The van der Waals surface area contributed by atoms with Gasteiger partial charge in [-0.05, 0) is 70.9 Å². The highest BCUT2D eigenvalue weighted by Crippen LogP contribution is 2.26. The lowest BCUT2D eigenvalue weighted by Gasteiger charge is -2.09. The van der Waals surface area contributed by atoms with Crippen molar-refractivity contribution in [1.29, 1.82) is 0 Å². The van der Waals surface area contributed by atoms with Crippen LogP contribution in [-0.4, -0.2) is 25.2 Å². The summed E-state index contributed by atoms with van der Waals surface area (Å²) in [6.07, 6.45) is 0.653. The fourth-order valence-corrected chi connectivity index (χ4v) is 3.21. The summed E-state index contributed by atoms with van der Waals surface area (Å²) < 4.78 is 16.8. The van der Waals surface area contributed by atoms with Gasteiger partial charge >= 0.3 is 11.9 Å². The molecule has 0 N–H and O–H groups in total. The highest BCUT2D eigenvalue weighted by atomic mass is 79.9. The molecule has 0 bridgehead atoms. The predicted molar refractivity (Wildman–Crippen MR) is 117 cm³/mol. The summed E-state index contributed by atoms with van der Waals surface area (Å²) in [4.78, 5) is 24.5. The van der Waals surface area contributed by atoms with Gasteiger partial charge in [0.05, 0.1) is 28.8 Å². The van der Waals surface area contributed by atoms with Crippen molar-refractivity contribution in [3.63, 3.8) is 0 Å². The fourth-order valence-electron chi connectivity index (χ4n) is 2.71. The Morgan fingerprint density at radius 2 is 1.57 bits per heavy atom. The SMILES string of the molecule is CCOc1ccc(C(=O)Oc2ccc(C(=O)OCCc3ccccc3)cc2)cc1Br. The van der Waals surface area contributed by atoms with Crippen LogP contribution in [0.3, 0.4) is 0 Å². The Labute approximate surface area is 183 Å². The van der Waals surface area contributed by atoms with Crippen LogP contribution in [0.15, 0.2) is 77.3 Å². The normalized spacial score (nSPS) is 10.3. The number of carbonyl (C=O) groups excluding carboxylic acids is 2. The number of rotatable bonds is 8. The number of halogens is 1. The lowest BCUT2D eigenvalue weighted by Crippen LogP contribution is -2.10. The first-order chi connectivity index (χ1) is 14.6. The minimum Gasteiger partial charge on any atom is -0.493 e. The van der Waals surface area contributed by atoms with Crippen molar-refractivity contribution in [3.05, 3.63) is 94.0 Å². The van der Waals surface area contributed by atoms with E-state index >= 15 is 0 Å². The minimum atomic E-state index is -0.503. The Hall–Kier alpha value is -3.12. The zero-order valence-electron chi connectivity index (χ0n) is 16.5. The Kier molecular flexibility index (Phi) is 7.63. The van der Waals surface area contributed by atoms with Crippen LogP contribution in [0.1, 0.15) is 33.2 Å². The molecule has 0 spiro atoms. The van der Waals surface area contributed by atoms with E-state index < -0.39 is 11.9 Å². The Bertz CT molecular complexity index is 1000. The third-order valence-corrected chi connectivity index (χ3v) is 4.85. The van der Waals surface area contributed by atoms with Crippen LogP contribution in [0.25, 0.3) is 0 Å².